The summed E-state index contributed by atoms with van der Waals surface area (Å²) >= 11 is 0. The second-order valence-electron chi connectivity index (χ2n) is 4.32. The molecule has 4 atom stereocenters. The quantitative estimate of drug-likeness (QED) is 0.540. The van der Waals surface area contributed by atoms with E-state index in [2.05, 4.69) is 0 Å². The van der Waals surface area contributed by atoms with Crippen LogP contribution in [0.3, 0.4) is 0 Å². The first-order chi connectivity index (χ1) is 6.49. The lowest BCUT2D eigenvalue weighted by molar-refractivity contribution is -0.337. The fourth-order valence-electron chi connectivity index (χ4n) is 1.82. The van der Waals surface area contributed by atoms with E-state index in [0.717, 1.165) is 0 Å². The van der Waals surface area contributed by atoms with E-state index in [0.29, 0.717) is 13.2 Å². The molecule has 2 aliphatic rings. The minimum Gasteiger partial charge on any atom is -0.389 e. The molecule has 0 amide bonds. The first-order valence-electron chi connectivity index (χ1n) is 4.87. The standard InChI is InChI=1S/C9H17NO4/c1-9(2)13-4-6-8(14-9)7(11)5(10)3-12-6/h5-8,11H,3-4,10H2,1-2H3/t5-,6+,7+,8+/m0/s1. The van der Waals surface area contributed by atoms with Crippen LogP contribution in [0.15, 0.2) is 0 Å². The number of hydrogen-bond acceptors (Lipinski definition) is 5. The normalized spacial score (nSPS) is 47.1. The number of fused-ring (bicyclic) bond motifs is 1. The first kappa shape index (κ1) is 10.3. The third-order valence-corrected chi connectivity index (χ3v) is 2.66. The number of hydrogen-bond donors (Lipinski definition) is 2. The van der Waals surface area contributed by atoms with Gasteiger partial charge in [0.15, 0.2) is 5.79 Å². The monoisotopic (exact) mass is 203 g/mol. The molecule has 0 aliphatic carbocycles. The van der Waals surface area contributed by atoms with Gasteiger partial charge in [0.05, 0.1) is 19.3 Å². The Hall–Kier alpha value is -0.200. The minimum absolute atomic E-state index is 0.196. The summed E-state index contributed by atoms with van der Waals surface area (Å²) in [5.74, 6) is -0.664. The number of aliphatic hydroxyl groups is 1. The third kappa shape index (κ3) is 1.78. The van der Waals surface area contributed by atoms with E-state index in [4.69, 9.17) is 19.9 Å². The summed E-state index contributed by atoms with van der Waals surface area (Å²) in [6, 6.07) is -0.370. The van der Waals surface area contributed by atoms with Gasteiger partial charge in [0.1, 0.15) is 18.3 Å². The van der Waals surface area contributed by atoms with Gasteiger partial charge in [0, 0.05) is 0 Å². The van der Waals surface area contributed by atoms with Gasteiger partial charge in [0.25, 0.3) is 0 Å². The fourth-order valence-corrected chi connectivity index (χ4v) is 1.82. The Kier molecular flexibility index (Phi) is 2.53. The van der Waals surface area contributed by atoms with Crippen LogP contribution in [-0.4, -0.2) is 48.5 Å². The molecule has 0 spiro atoms. The summed E-state index contributed by atoms with van der Waals surface area (Å²) in [4.78, 5) is 0. The topological polar surface area (TPSA) is 73.9 Å². The Balaban J connectivity index is 2.08. The van der Waals surface area contributed by atoms with Crippen LogP contribution < -0.4 is 5.73 Å². The molecule has 2 saturated heterocycles. The van der Waals surface area contributed by atoms with Crippen molar-refractivity contribution in [1.29, 1.82) is 0 Å². The van der Waals surface area contributed by atoms with Crippen LogP contribution in [0.5, 0.6) is 0 Å². The zero-order valence-corrected chi connectivity index (χ0v) is 8.47. The molecule has 0 aromatic rings. The van der Waals surface area contributed by atoms with Gasteiger partial charge in [-0.15, -0.1) is 0 Å². The van der Waals surface area contributed by atoms with Crippen LogP contribution in [0.2, 0.25) is 0 Å². The van der Waals surface area contributed by atoms with E-state index in [1.807, 2.05) is 13.8 Å². The maximum atomic E-state index is 9.82. The Morgan fingerprint density at radius 3 is 2.79 bits per heavy atom. The van der Waals surface area contributed by atoms with Crippen LogP contribution in [0.1, 0.15) is 13.8 Å². The van der Waals surface area contributed by atoms with Crippen molar-refractivity contribution in [2.24, 2.45) is 5.73 Å². The minimum atomic E-state index is -0.670. The van der Waals surface area contributed by atoms with Crippen molar-refractivity contribution in [3.63, 3.8) is 0 Å². The number of ether oxygens (including phenoxy) is 3. The molecule has 2 rings (SSSR count). The average Bonchev–Trinajstić information content (AvgIpc) is 2.11. The molecule has 2 fully saturated rings. The van der Waals surface area contributed by atoms with Crippen molar-refractivity contribution in [2.45, 2.75) is 44.0 Å². The molecule has 14 heavy (non-hydrogen) atoms. The lowest BCUT2D eigenvalue weighted by atomic mass is 9.97. The van der Waals surface area contributed by atoms with Crippen LogP contribution in [0, 0.1) is 0 Å². The van der Waals surface area contributed by atoms with Gasteiger partial charge in [-0.25, -0.2) is 0 Å². The molecule has 0 bridgehead atoms. The molecule has 5 heteroatoms. The van der Waals surface area contributed by atoms with Gasteiger partial charge in [-0.2, -0.15) is 0 Å². The Morgan fingerprint density at radius 1 is 1.36 bits per heavy atom. The van der Waals surface area contributed by atoms with Gasteiger partial charge in [-0.1, -0.05) is 0 Å². The van der Waals surface area contributed by atoms with Crippen molar-refractivity contribution in [1.82, 2.24) is 0 Å². The van der Waals surface area contributed by atoms with E-state index < -0.39 is 11.9 Å². The van der Waals surface area contributed by atoms with Gasteiger partial charge in [-0.3, -0.25) is 0 Å². The largest absolute Gasteiger partial charge is 0.389 e. The lowest BCUT2D eigenvalue weighted by Gasteiger charge is -2.46. The molecule has 5 nitrogen and oxygen atoms in total. The van der Waals surface area contributed by atoms with E-state index >= 15 is 0 Å². The molecule has 0 unspecified atom stereocenters. The molecule has 2 aliphatic heterocycles. The Morgan fingerprint density at radius 2 is 2.07 bits per heavy atom. The summed E-state index contributed by atoms with van der Waals surface area (Å²) in [6.07, 6.45) is -1.24. The smallest absolute Gasteiger partial charge is 0.163 e. The van der Waals surface area contributed by atoms with Crippen molar-refractivity contribution in [3.8, 4) is 0 Å². The van der Waals surface area contributed by atoms with E-state index in [1.165, 1.54) is 0 Å². The second kappa shape index (κ2) is 3.43. The van der Waals surface area contributed by atoms with Crippen LogP contribution in [0.4, 0.5) is 0 Å². The fraction of sp³-hybridized carbons (Fsp3) is 1.00. The number of rotatable bonds is 0. The van der Waals surface area contributed by atoms with Crippen molar-refractivity contribution in [2.75, 3.05) is 13.2 Å². The Labute approximate surface area is 83.1 Å². The summed E-state index contributed by atoms with van der Waals surface area (Å²) < 4.78 is 16.4. The molecule has 82 valence electrons. The van der Waals surface area contributed by atoms with Gasteiger partial charge in [-0.05, 0) is 13.8 Å². The predicted octanol–water partition coefficient (Wildman–Crippen LogP) is -0.775. The Bertz CT molecular complexity index is 219. The van der Waals surface area contributed by atoms with E-state index in [1.54, 1.807) is 0 Å². The predicted molar refractivity (Wildman–Crippen MR) is 48.6 cm³/mol. The second-order valence-corrected chi connectivity index (χ2v) is 4.32. The van der Waals surface area contributed by atoms with Crippen molar-refractivity contribution >= 4 is 0 Å². The molecule has 0 aromatic carbocycles. The highest BCUT2D eigenvalue weighted by molar-refractivity contribution is 4.92. The summed E-state index contributed by atoms with van der Waals surface area (Å²) in [5.41, 5.74) is 5.68. The molecule has 0 aromatic heterocycles. The molecular formula is C9H17NO4. The molecule has 0 saturated carbocycles. The van der Waals surface area contributed by atoms with Crippen molar-refractivity contribution < 1.29 is 19.3 Å². The SMILES string of the molecule is CC1(C)OC[C@H]2OC[C@H](N)[C@@H](O)[C@@H]2O1. The zero-order chi connectivity index (χ0) is 10.3. The molecule has 0 radical (unpaired) electrons. The number of aliphatic hydroxyl groups excluding tert-OH is 1. The lowest BCUT2D eigenvalue weighted by Crippen LogP contribution is -2.63. The molecular weight excluding hydrogens is 186 g/mol. The average molecular weight is 203 g/mol. The van der Waals surface area contributed by atoms with Crippen LogP contribution >= 0.6 is 0 Å². The highest BCUT2D eigenvalue weighted by Crippen LogP contribution is 2.29. The van der Waals surface area contributed by atoms with Crippen LogP contribution in [-0.2, 0) is 14.2 Å². The molecule has 3 N–H and O–H groups in total. The highest BCUT2D eigenvalue weighted by atomic mass is 16.7. The maximum Gasteiger partial charge on any atom is 0.163 e. The zero-order valence-electron chi connectivity index (χ0n) is 8.47. The summed E-state index contributed by atoms with van der Waals surface area (Å²) in [6.45, 7) is 4.43. The van der Waals surface area contributed by atoms with Gasteiger partial charge in [0.2, 0.25) is 0 Å². The van der Waals surface area contributed by atoms with Gasteiger partial charge >= 0.3 is 0 Å². The number of nitrogens with two attached hydrogens (primary N) is 1. The first-order valence-corrected chi connectivity index (χ1v) is 4.87. The maximum absolute atomic E-state index is 9.82. The van der Waals surface area contributed by atoms with Gasteiger partial charge < -0.3 is 25.1 Å². The van der Waals surface area contributed by atoms with Crippen molar-refractivity contribution in [3.05, 3.63) is 0 Å². The summed E-state index contributed by atoms with van der Waals surface area (Å²) in [5, 5.41) is 9.82. The van der Waals surface area contributed by atoms with E-state index in [-0.39, 0.29) is 18.2 Å². The van der Waals surface area contributed by atoms with E-state index in [9.17, 15) is 5.11 Å². The molecule has 2 heterocycles. The third-order valence-electron chi connectivity index (χ3n) is 2.66. The highest BCUT2D eigenvalue weighted by Gasteiger charge is 2.45. The summed E-state index contributed by atoms with van der Waals surface area (Å²) in [7, 11) is 0. The van der Waals surface area contributed by atoms with Crippen LogP contribution in [0.25, 0.3) is 0 Å².